The fraction of sp³-hybridized carbons (Fsp3) is 0.312. The predicted octanol–water partition coefficient (Wildman–Crippen LogP) is 3.22. The average molecular weight is 285 g/mol. The van der Waals surface area contributed by atoms with E-state index in [1.807, 2.05) is 0 Å². The molecule has 1 heterocycles. The quantitative estimate of drug-likeness (QED) is 0.882. The lowest BCUT2D eigenvalue weighted by molar-refractivity contribution is 0.0690. The third-order valence-electron chi connectivity index (χ3n) is 3.17. The van der Waals surface area contributed by atoms with Gasteiger partial charge < -0.3 is 10.4 Å². The topological polar surface area (TPSA) is 75.1 Å². The van der Waals surface area contributed by atoms with Crippen molar-refractivity contribution in [3.05, 3.63) is 52.8 Å². The van der Waals surface area contributed by atoms with E-state index < -0.39 is 5.97 Å². The molecule has 0 saturated heterocycles. The van der Waals surface area contributed by atoms with Gasteiger partial charge in [0.2, 0.25) is 5.95 Å². The highest BCUT2D eigenvalue weighted by Crippen LogP contribution is 2.15. The molecular weight excluding hydrogens is 266 g/mol. The molecule has 0 spiro atoms. The molecule has 2 N–H and O–H groups in total. The highest BCUT2D eigenvalue weighted by Gasteiger charge is 2.08. The Labute approximate surface area is 124 Å². The molecule has 2 rings (SSSR count). The van der Waals surface area contributed by atoms with Gasteiger partial charge in [-0.25, -0.2) is 14.8 Å². The van der Waals surface area contributed by atoms with Crippen LogP contribution in [0.5, 0.6) is 0 Å². The minimum Gasteiger partial charge on any atom is -0.477 e. The summed E-state index contributed by atoms with van der Waals surface area (Å²) in [4.78, 5) is 19.1. The Morgan fingerprint density at radius 2 is 1.90 bits per heavy atom. The van der Waals surface area contributed by atoms with Gasteiger partial charge in [-0.05, 0) is 30.0 Å². The van der Waals surface area contributed by atoms with E-state index in [1.165, 1.54) is 11.6 Å². The van der Waals surface area contributed by atoms with Crippen LogP contribution in [-0.2, 0) is 6.54 Å². The number of aromatic carboxylic acids is 1. The second-order valence-corrected chi connectivity index (χ2v) is 5.27. The molecule has 1 aromatic heterocycles. The van der Waals surface area contributed by atoms with E-state index in [1.54, 1.807) is 6.92 Å². The van der Waals surface area contributed by atoms with Crippen molar-refractivity contribution in [3.8, 4) is 0 Å². The molecule has 1 aromatic carbocycles. The molecule has 0 unspecified atom stereocenters. The first-order chi connectivity index (χ1) is 9.95. The fourth-order valence-corrected chi connectivity index (χ4v) is 1.96. The highest BCUT2D eigenvalue weighted by molar-refractivity contribution is 5.85. The van der Waals surface area contributed by atoms with Crippen molar-refractivity contribution in [3.63, 3.8) is 0 Å². The molecule has 5 heteroatoms. The van der Waals surface area contributed by atoms with Crippen LogP contribution >= 0.6 is 0 Å². The Morgan fingerprint density at radius 3 is 2.48 bits per heavy atom. The van der Waals surface area contributed by atoms with Gasteiger partial charge in [0.15, 0.2) is 5.69 Å². The summed E-state index contributed by atoms with van der Waals surface area (Å²) >= 11 is 0. The fourth-order valence-electron chi connectivity index (χ4n) is 1.96. The van der Waals surface area contributed by atoms with Crippen molar-refractivity contribution in [2.75, 3.05) is 5.32 Å². The van der Waals surface area contributed by atoms with Gasteiger partial charge in [0.05, 0.1) is 0 Å². The SMILES string of the molecule is Cc1cc(C(=O)O)nc(NCc2ccc(C(C)C)cc2)n1. The Hall–Kier alpha value is -2.43. The summed E-state index contributed by atoms with van der Waals surface area (Å²) in [6, 6.07) is 9.75. The summed E-state index contributed by atoms with van der Waals surface area (Å²) in [5, 5.41) is 12.0. The van der Waals surface area contributed by atoms with Crippen LogP contribution in [0.15, 0.2) is 30.3 Å². The Balaban J connectivity index is 2.07. The Morgan fingerprint density at radius 1 is 1.24 bits per heavy atom. The van der Waals surface area contributed by atoms with Crippen LogP contribution in [-0.4, -0.2) is 21.0 Å². The maximum absolute atomic E-state index is 11.0. The predicted molar refractivity (Wildman–Crippen MR) is 81.6 cm³/mol. The lowest BCUT2D eigenvalue weighted by Crippen LogP contribution is -2.09. The molecule has 0 bridgehead atoms. The van der Waals surface area contributed by atoms with E-state index in [2.05, 4.69) is 53.4 Å². The van der Waals surface area contributed by atoms with E-state index in [0.29, 0.717) is 24.1 Å². The average Bonchev–Trinajstić information content (AvgIpc) is 2.45. The zero-order chi connectivity index (χ0) is 15.4. The molecule has 5 nitrogen and oxygen atoms in total. The van der Waals surface area contributed by atoms with E-state index in [-0.39, 0.29) is 5.69 Å². The van der Waals surface area contributed by atoms with Gasteiger partial charge in [-0.15, -0.1) is 0 Å². The summed E-state index contributed by atoms with van der Waals surface area (Å²) in [6.45, 7) is 6.61. The van der Waals surface area contributed by atoms with Crippen LogP contribution in [0.25, 0.3) is 0 Å². The number of aromatic nitrogens is 2. The zero-order valence-corrected chi connectivity index (χ0v) is 12.4. The number of aryl methyl sites for hydroxylation is 1. The molecular formula is C16H19N3O2. The number of carboxylic acid groups (broad SMARTS) is 1. The number of hydrogen-bond acceptors (Lipinski definition) is 4. The number of rotatable bonds is 5. The zero-order valence-electron chi connectivity index (χ0n) is 12.4. The molecule has 0 radical (unpaired) electrons. The van der Waals surface area contributed by atoms with Gasteiger partial charge in [-0.2, -0.15) is 0 Å². The first-order valence-corrected chi connectivity index (χ1v) is 6.87. The second-order valence-electron chi connectivity index (χ2n) is 5.27. The number of carboxylic acids is 1. The first-order valence-electron chi connectivity index (χ1n) is 6.87. The number of benzene rings is 1. The molecule has 0 saturated carbocycles. The van der Waals surface area contributed by atoms with E-state index in [9.17, 15) is 4.79 Å². The molecule has 0 aliphatic carbocycles. The summed E-state index contributed by atoms with van der Waals surface area (Å²) in [6.07, 6.45) is 0. The van der Waals surface area contributed by atoms with Gasteiger partial charge >= 0.3 is 5.97 Å². The molecule has 2 aromatic rings. The van der Waals surface area contributed by atoms with E-state index >= 15 is 0 Å². The summed E-state index contributed by atoms with van der Waals surface area (Å²) in [5.41, 5.74) is 3.01. The number of nitrogens with zero attached hydrogens (tertiary/aromatic N) is 2. The van der Waals surface area contributed by atoms with Crippen LogP contribution in [0.4, 0.5) is 5.95 Å². The number of carbonyl (C=O) groups is 1. The van der Waals surface area contributed by atoms with Gasteiger partial charge in [0.25, 0.3) is 0 Å². The van der Waals surface area contributed by atoms with E-state index in [4.69, 9.17) is 5.11 Å². The van der Waals surface area contributed by atoms with Gasteiger partial charge in [0.1, 0.15) is 0 Å². The minimum atomic E-state index is -1.05. The largest absolute Gasteiger partial charge is 0.477 e. The van der Waals surface area contributed by atoms with Crippen molar-refractivity contribution in [2.45, 2.75) is 33.2 Å². The van der Waals surface area contributed by atoms with Crippen LogP contribution < -0.4 is 5.32 Å². The summed E-state index contributed by atoms with van der Waals surface area (Å²) in [5.74, 6) is -0.213. The highest BCUT2D eigenvalue weighted by atomic mass is 16.4. The van der Waals surface area contributed by atoms with E-state index in [0.717, 1.165) is 5.56 Å². The Bertz CT molecular complexity index is 636. The lowest BCUT2D eigenvalue weighted by atomic mass is 10.0. The normalized spacial score (nSPS) is 10.7. The molecule has 0 fully saturated rings. The van der Waals surface area contributed by atoms with Crippen molar-refractivity contribution < 1.29 is 9.90 Å². The minimum absolute atomic E-state index is 0.000144. The third-order valence-corrected chi connectivity index (χ3v) is 3.17. The van der Waals surface area contributed by atoms with Crippen LogP contribution in [0, 0.1) is 6.92 Å². The van der Waals surface area contributed by atoms with Crippen molar-refractivity contribution in [1.29, 1.82) is 0 Å². The molecule has 21 heavy (non-hydrogen) atoms. The molecule has 0 atom stereocenters. The number of anilines is 1. The standard InChI is InChI=1S/C16H19N3O2/c1-10(2)13-6-4-12(5-7-13)9-17-16-18-11(3)8-14(19-16)15(20)21/h4-8,10H,9H2,1-3H3,(H,20,21)(H,17,18,19). The van der Waals surface area contributed by atoms with Crippen molar-refractivity contribution in [1.82, 2.24) is 9.97 Å². The third kappa shape index (κ3) is 4.02. The number of nitrogens with one attached hydrogen (secondary N) is 1. The van der Waals surface area contributed by atoms with Crippen LogP contribution in [0.2, 0.25) is 0 Å². The summed E-state index contributed by atoms with van der Waals surface area (Å²) in [7, 11) is 0. The van der Waals surface area contributed by atoms with Crippen LogP contribution in [0.3, 0.4) is 0 Å². The molecule has 110 valence electrons. The first kappa shape index (κ1) is 15.0. The molecule has 0 amide bonds. The smallest absolute Gasteiger partial charge is 0.354 e. The van der Waals surface area contributed by atoms with Crippen molar-refractivity contribution in [2.24, 2.45) is 0 Å². The number of hydrogen-bond donors (Lipinski definition) is 2. The summed E-state index contributed by atoms with van der Waals surface area (Å²) < 4.78 is 0. The maximum Gasteiger partial charge on any atom is 0.354 e. The van der Waals surface area contributed by atoms with Crippen LogP contribution in [0.1, 0.15) is 47.1 Å². The van der Waals surface area contributed by atoms with Gasteiger partial charge in [-0.3, -0.25) is 0 Å². The second kappa shape index (κ2) is 6.35. The van der Waals surface area contributed by atoms with Crippen molar-refractivity contribution >= 4 is 11.9 Å². The van der Waals surface area contributed by atoms with Gasteiger partial charge in [-0.1, -0.05) is 38.1 Å². The molecule has 0 aliphatic rings. The monoisotopic (exact) mass is 285 g/mol. The Kier molecular flexibility index (Phi) is 4.52. The van der Waals surface area contributed by atoms with Gasteiger partial charge in [0, 0.05) is 12.2 Å². The molecule has 0 aliphatic heterocycles. The maximum atomic E-state index is 11.0. The lowest BCUT2D eigenvalue weighted by Gasteiger charge is -2.09.